The van der Waals surface area contributed by atoms with Gasteiger partial charge in [-0.2, -0.15) is 0 Å². The fraction of sp³-hybridized carbons (Fsp3) is 0.143. The van der Waals surface area contributed by atoms with E-state index in [4.69, 9.17) is 4.74 Å². The Labute approximate surface area is 99.1 Å². The molecule has 17 heavy (non-hydrogen) atoms. The summed E-state index contributed by atoms with van der Waals surface area (Å²) in [5.74, 6) is 0.966. The molecule has 0 bridgehead atoms. The molecule has 0 N–H and O–H groups in total. The molecule has 1 aromatic carbocycles. The zero-order valence-electron chi connectivity index (χ0n) is 9.22. The standard InChI is InChI=1S/C14H11NO2/c16-9-10-5-13(8-15-7-10)11-1-2-14-12(6-11)3-4-17-14/h1-2,5-9H,3-4H2. The molecule has 0 atom stereocenters. The summed E-state index contributed by atoms with van der Waals surface area (Å²) in [6.07, 6.45) is 5.09. The molecular formula is C14H11NO2. The van der Waals surface area contributed by atoms with Crippen LogP contribution >= 0.6 is 0 Å². The molecule has 1 aromatic heterocycles. The van der Waals surface area contributed by atoms with Gasteiger partial charge in [0, 0.05) is 29.9 Å². The van der Waals surface area contributed by atoms with Gasteiger partial charge in [0.15, 0.2) is 6.29 Å². The van der Waals surface area contributed by atoms with Crippen LogP contribution in [0.15, 0.2) is 36.7 Å². The summed E-state index contributed by atoms with van der Waals surface area (Å²) in [7, 11) is 0. The molecule has 1 aliphatic rings. The van der Waals surface area contributed by atoms with E-state index in [1.807, 2.05) is 18.2 Å². The van der Waals surface area contributed by atoms with Crippen molar-refractivity contribution in [2.45, 2.75) is 6.42 Å². The minimum absolute atomic E-state index is 0.597. The molecule has 3 rings (SSSR count). The highest BCUT2D eigenvalue weighted by molar-refractivity contribution is 5.78. The molecule has 84 valence electrons. The van der Waals surface area contributed by atoms with Crippen LogP contribution in [0.2, 0.25) is 0 Å². The van der Waals surface area contributed by atoms with Crippen LogP contribution in [0.4, 0.5) is 0 Å². The van der Waals surface area contributed by atoms with Crippen molar-refractivity contribution in [2.24, 2.45) is 0 Å². The average molecular weight is 225 g/mol. The highest BCUT2D eigenvalue weighted by atomic mass is 16.5. The lowest BCUT2D eigenvalue weighted by Gasteiger charge is -2.04. The summed E-state index contributed by atoms with van der Waals surface area (Å²) >= 11 is 0. The molecule has 0 radical (unpaired) electrons. The van der Waals surface area contributed by atoms with E-state index in [1.165, 1.54) is 5.56 Å². The Balaban J connectivity index is 2.06. The van der Waals surface area contributed by atoms with Gasteiger partial charge in [0.2, 0.25) is 0 Å². The van der Waals surface area contributed by atoms with E-state index in [2.05, 4.69) is 11.1 Å². The van der Waals surface area contributed by atoms with Gasteiger partial charge in [0.05, 0.1) is 6.61 Å². The number of ether oxygens (including phenoxy) is 1. The molecule has 0 spiro atoms. The summed E-state index contributed by atoms with van der Waals surface area (Å²) in [5.41, 5.74) is 3.85. The van der Waals surface area contributed by atoms with Crippen molar-refractivity contribution in [2.75, 3.05) is 6.61 Å². The van der Waals surface area contributed by atoms with Crippen molar-refractivity contribution in [1.29, 1.82) is 0 Å². The second kappa shape index (κ2) is 4.01. The molecule has 2 heterocycles. The van der Waals surface area contributed by atoms with Gasteiger partial charge in [-0.3, -0.25) is 9.78 Å². The molecule has 2 aromatic rings. The zero-order valence-corrected chi connectivity index (χ0v) is 9.22. The number of nitrogens with zero attached hydrogens (tertiary/aromatic N) is 1. The van der Waals surface area contributed by atoms with Crippen LogP contribution < -0.4 is 4.74 Å². The molecule has 0 unspecified atom stereocenters. The van der Waals surface area contributed by atoms with E-state index in [9.17, 15) is 4.79 Å². The topological polar surface area (TPSA) is 39.2 Å². The Morgan fingerprint density at radius 3 is 3.00 bits per heavy atom. The van der Waals surface area contributed by atoms with Crippen LogP contribution in [0.1, 0.15) is 15.9 Å². The monoisotopic (exact) mass is 225 g/mol. The first kappa shape index (κ1) is 10.0. The first-order valence-electron chi connectivity index (χ1n) is 5.53. The number of fused-ring (bicyclic) bond motifs is 1. The minimum atomic E-state index is 0.597. The smallest absolute Gasteiger partial charge is 0.151 e. The first-order chi connectivity index (χ1) is 8.36. The Kier molecular flexibility index (Phi) is 2.37. The number of pyridine rings is 1. The number of hydrogen-bond acceptors (Lipinski definition) is 3. The molecule has 0 saturated heterocycles. The molecule has 0 amide bonds. The largest absolute Gasteiger partial charge is 0.493 e. The highest BCUT2D eigenvalue weighted by Gasteiger charge is 2.12. The SMILES string of the molecule is O=Cc1cncc(-c2ccc3c(c2)CCO3)c1. The van der Waals surface area contributed by atoms with Gasteiger partial charge in [0.1, 0.15) is 5.75 Å². The predicted octanol–water partition coefficient (Wildman–Crippen LogP) is 2.50. The number of aldehydes is 1. The van der Waals surface area contributed by atoms with Crippen LogP contribution in [0.3, 0.4) is 0 Å². The van der Waals surface area contributed by atoms with Gasteiger partial charge in [-0.25, -0.2) is 0 Å². The third-order valence-corrected chi connectivity index (χ3v) is 2.92. The van der Waals surface area contributed by atoms with Crippen molar-refractivity contribution in [3.63, 3.8) is 0 Å². The lowest BCUT2D eigenvalue weighted by Crippen LogP contribution is -1.86. The van der Waals surface area contributed by atoms with E-state index in [0.29, 0.717) is 5.56 Å². The first-order valence-corrected chi connectivity index (χ1v) is 5.53. The second-order valence-corrected chi connectivity index (χ2v) is 4.05. The van der Waals surface area contributed by atoms with Gasteiger partial charge in [-0.15, -0.1) is 0 Å². The van der Waals surface area contributed by atoms with E-state index >= 15 is 0 Å². The number of carbonyl (C=O) groups excluding carboxylic acids is 1. The number of hydrogen-bond donors (Lipinski definition) is 0. The van der Waals surface area contributed by atoms with Gasteiger partial charge < -0.3 is 4.74 Å². The summed E-state index contributed by atoms with van der Waals surface area (Å²) in [4.78, 5) is 14.8. The molecule has 1 aliphatic heterocycles. The van der Waals surface area contributed by atoms with Gasteiger partial charge in [-0.1, -0.05) is 6.07 Å². The quantitative estimate of drug-likeness (QED) is 0.737. The van der Waals surface area contributed by atoms with Gasteiger partial charge in [-0.05, 0) is 29.3 Å². The zero-order chi connectivity index (χ0) is 11.7. The van der Waals surface area contributed by atoms with E-state index in [1.54, 1.807) is 12.4 Å². The van der Waals surface area contributed by atoms with Crippen LogP contribution in [-0.2, 0) is 6.42 Å². The molecule has 3 nitrogen and oxygen atoms in total. The Morgan fingerprint density at radius 2 is 2.12 bits per heavy atom. The minimum Gasteiger partial charge on any atom is -0.493 e. The Bertz CT molecular complexity index is 578. The number of benzene rings is 1. The molecule has 0 aliphatic carbocycles. The van der Waals surface area contributed by atoms with Crippen LogP contribution in [0.25, 0.3) is 11.1 Å². The van der Waals surface area contributed by atoms with E-state index in [-0.39, 0.29) is 0 Å². The highest BCUT2D eigenvalue weighted by Crippen LogP contribution is 2.30. The maximum atomic E-state index is 10.7. The van der Waals surface area contributed by atoms with Crippen LogP contribution in [0, 0.1) is 0 Å². The Morgan fingerprint density at radius 1 is 1.18 bits per heavy atom. The number of carbonyl (C=O) groups is 1. The van der Waals surface area contributed by atoms with Crippen molar-refractivity contribution in [3.05, 3.63) is 47.8 Å². The van der Waals surface area contributed by atoms with Gasteiger partial charge in [0.25, 0.3) is 0 Å². The molecular weight excluding hydrogens is 214 g/mol. The van der Waals surface area contributed by atoms with E-state index in [0.717, 1.165) is 36.2 Å². The maximum absolute atomic E-state index is 10.7. The third-order valence-electron chi connectivity index (χ3n) is 2.92. The van der Waals surface area contributed by atoms with Crippen molar-refractivity contribution >= 4 is 6.29 Å². The fourth-order valence-electron chi connectivity index (χ4n) is 2.05. The van der Waals surface area contributed by atoms with Gasteiger partial charge >= 0.3 is 0 Å². The van der Waals surface area contributed by atoms with E-state index < -0.39 is 0 Å². The third kappa shape index (κ3) is 1.80. The van der Waals surface area contributed by atoms with Crippen molar-refractivity contribution in [3.8, 4) is 16.9 Å². The van der Waals surface area contributed by atoms with Crippen LogP contribution in [-0.4, -0.2) is 17.9 Å². The number of aromatic nitrogens is 1. The summed E-state index contributed by atoms with van der Waals surface area (Å²) < 4.78 is 5.46. The fourth-order valence-corrected chi connectivity index (χ4v) is 2.05. The maximum Gasteiger partial charge on any atom is 0.151 e. The second-order valence-electron chi connectivity index (χ2n) is 4.05. The lowest BCUT2D eigenvalue weighted by molar-refractivity contribution is 0.112. The van der Waals surface area contributed by atoms with Crippen LogP contribution in [0.5, 0.6) is 5.75 Å². The summed E-state index contributed by atoms with van der Waals surface area (Å²) in [5, 5.41) is 0. The molecule has 0 saturated carbocycles. The van der Waals surface area contributed by atoms with Crippen molar-refractivity contribution in [1.82, 2.24) is 4.98 Å². The average Bonchev–Trinajstić information content (AvgIpc) is 2.86. The molecule has 3 heteroatoms. The van der Waals surface area contributed by atoms with Crippen molar-refractivity contribution < 1.29 is 9.53 Å². The summed E-state index contributed by atoms with van der Waals surface area (Å²) in [6, 6.07) is 7.92. The predicted molar refractivity (Wildman–Crippen MR) is 64.3 cm³/mol. The number of rotatable bonds is 2. The lowest BCUT2D eigenvalue weighted by atomic mass is 10.0. The Hall–Kier alpha value is -2.16. The normalized spacial score (nSPS) is 12.9. The molecule has 0 fully saturated rings. The summed E-state index contributed by atoms with van der Waals surface area (Å²) in [6.45, 7) is 0.755.